The number of carbonyl (C=O) groups is 2. The van der Waals surface area contributed by atoms with E-state index >= 15 is 0 Å². The molecule has 1 aromatic rings. The summed E-state index contributed by atoms with van der Waals surface area (Å²) in [6, 6.07) is 3.06. The summed E-state index contributed by atoms with van der Waals surface area (Å²) in [4.78, 5) is 24.0. The molecule has 0 fully saturated rings. The van der Waals surface area contributed by atoms with Crippen LogP contribution in [0.4, 0.5) is 0 Å². The van der Waals surface area contributed by atoms with Gasteiger partial charge in [0, 0.05) is 6.42 Å². The zero-order chi connectivity index (χ0) is 17.7. The van der Waals surface area contributed by atoms with E-state index in [4.69, 9.17) is 18.5 Å². The maximum atomic E-state index is 12.5. The predicted molar refractivity (Wildman–Crippen MR) is 86.8 cm³/mol. The Morgan fingerprint density at radius 3 is 2.42 bits per heavy atom. The lowest BCUT2D eigenvalue weighted by atomic mass is 10.0. The van der Waals surface area contributed by atoms with E-state index < -0.39 is 13.6 Å². The average Bonchev–Trinajstić information content (AvgIpc) is 2.95. The Bertz CT molecular complexity index is 673. The number of hydrogen-bond acceptors (Lipinski definition) is 7. The van der Waals surface area contributed by atoms with Crippen molar-refractivity contribution in [1.29, 1.82) is 0 Å². The van der Waals surface area contributed by atoms with Crippen LogP contribution in [0.2, 0.25) is 0 Å². The number of rotatable bonds is 8. The molecule has 24 heavy (non-hydrogen) atoms. The second kappa shape index (κ2) is 7.92. The summed E-state index contributed by atoms with van der Waals surface area (Å²) < 4.78 is 33.1. The fraction of sp³-hybridized carbons (Fsp3) is 0.500. The Balaban J connectivity index is 2.29. The summed E-state index contributed by atoms with van der Waals surface area (Å²) in [6.45, 7) is 3.86. The van der Waals surface area contributed by atoms with Gasteiger partial charge in [0.15, 0.2) is 12.1 Å². The molecule has 0 aliphatic heterocycles. The van der Waals surface area contributed by atoms with E-state index in [2.05, 4.69) is 0 Å². The number of esters is 1. The molecular weight excluding hydrogens is 335 g/mol. The van der Waals surface area contributed by atoms with E-state index in [0.29, 0.717) is 29.5 Å². The fourth-order valence-electron chi connectivity index (χ4n) is 2.63. The summed E-state index contributed by atoms with van der Waals surface area (Å²) in [7, 11) is -2.10. The molecule has 0 amide bonds. The second-order valence-corrected chi connectivity index (χ2v) is 7.10. The number of benzene rings is 1. The molecule has 2 rings (SSSR count). The zero-order valence-electron chi connectivity index (χ0n) is 14.0. The minimum absolute atomic E-state index is 0.117. The van der Waals surface area contributed by atoms with Crippen molar-refractivity contribution < 1.29 is 32.7 Å². The van der Waals surface area contributed by atoms with Crippen molar-refractivity contribution in [3.05, 3.63) is 28.8 Å². The minimum Gasteiger partial charge on any atom is -0.480 e. The molecule has 132 valence electrons. The van der Waals surface area contributed by atoms with Gasteiger partial charge in [0.25, 0.3) is 0 Å². The van der Waals surface area contributed by atoms with Crippen LogP contribution in [0.25, 0.3) is 0 Å². The van der Waals surface area contributed by atoms with Crippen LogP contribution in [0.5, 0.6) is 5.75 Å². The number of ether oxygens (including phenoxy) is 2. The average molecular weight is 356 g/mol. The van der Waals surface area contributed by atoms with Crippen LogP contribution >= 0.6 is 7.60 Å². The standard InChI is InChI=1S/C16H21O7P/c1-4-22-24(19,23-5-2)10-21-14-9-7-12(16(18)20-3)11-6-8-13(17)15(11)14/h7,9H,4-6,8,10H2,1-3H3. The first-order valence-corrected chi connectivity index (χ1v) is 9.46. The van der Waals surface area contributed by atoms with Crippen molar-refractivity contribution in [2.75, 3.05) is 26.7 Å². The molecule has 1 aromatic carbocycles. The van der Waals surface area contributed by atoms with Crippen LogP contribution in [0.1, 0.15) is 46.5 Å². The molecule has 0 N–H and O–H groups in total. The van der Waals surface area contributed by atoms with Gasteiger partial charge in [-0.3, -0.25) is 9.36 Å². The first-order chi connectivity index (χ1) is 11.5. The van der Waals surface area contributed by atoms with E-state index in [9.17, 15) is 14.2 Å². The van der Waals surface area contributed by atoms with Gasteiger partial charge >= 0.3 is 13.6 Å². The Morgan fingerprint density at radius 1 is 1.17 bits per heavy atom. The van der Waals surface area contributed by atoms with Gasteiger partial charge in [0.1, 0.15) is 5.75 Å². The summed E-state index contributed by atoms with van der Waals surface area (Å²) in [5.41, 5.74) is 1.30. The number of ketones is 1. The van der Waals surface area contributed by atoms with Gasteiger partial charge in [-0.05, 0) is 38.0 Å². The molecule has 7 nitrogen and oxygen atoms in total. The first-order valence-electron chi connectivity index (χ1n) is 7.74. The van der Waals surface area contributed by atoms with Crippen molar-refractivity contribution in [3.63, 3.8) is 0 Å². The van der Waals surface area contributed by atoms with Crippen LogP contribution in [0, 0.1) is 0 Å². The van der Waals surface area contributed by atoms with Gasteiger partial charge in [-0.2, -0.15) is 0 Å². The number of methoxy groups -OCH3 is 1. The van der Waals surface area contributed by atoms with E-state index in [1.807, 2.05) is 0 Å². The topological polar surface area (TPSA) is 88.1 Å². The van der Waals surface area contributed by atoms with E-state index in [1.54, 1.807) is 19.9 Å². The third-order valence-electron chi connectivity index (χ3n) is 3.59. The first kappa shape index (κ1) is 18.6. The summed E-state index contributed by atoms with van der Waals surface area (Å²) in [5, 5.41) is 0. The number of Topliss-reactive ketones (excluding diaryl/α,β-unsaturated/α-hetero) is 1. The highest BCUT2D eigenvalue weighted by Crippen LogP contribution is 2.48. The van der Waals surface area contributed by atoms with Crippen LogP contribution in [0.15, 0.2) is 12.1 Å². The smallest absolute Gasteiger partial charge is 0.367 e. The summed E-state index contributed by atoms with van der Waals surface area (Å²) >= 11 is 0. The van der Waals surface area contributed by atoms with Gasteiger partial charge in [-0.1, -0.05) is 0 Å². The fourth-order valence-corrected chi connectivity index (χ4v) is 3.94. The number of fused-ring (bicyclic) bond motifs is 1. The van der Waals surface area contributed by atoms with E-state index in [0.717, 1.165) is 0 Å². The normalized spacial score (nSPS) is 13.7. The molecule has 1 aliphatic rings. The van der Waals surface area contributed by atoms with Gasteiger partial charge in [0.05, 0.1) is 31.5 Å². The zero-order valence-corrected chi connectivity index (χ0v) is 14.9. The molecule has 0 radical (unpaired) electrons. The molecular formula is C16H21O7P. The lowest BCUT2D eigenvalue weighted by Crippen LogP contribution is -2.10. The SMILES string of the molecule is CCOP(=O)(COc1ccc(C(=O)OC)c2c1C(=O)CC2)OCC. The lowest BCUT2D eigenvalue weighted by Gasteiger charge is -2.18. The van der Waals surface area contributed by atoms with Crippen molar-refractivity contribution in [2.24, 2.45) is 0 Å². The van der Waals surface area contributed by atoms with Gasteiger partial charge < -0.3 is 18.5 Å². The van der Waals surface area contributed by atoms with E-state index in [-0.39, 0.29) is 31.1 Å². The monoisotopic (exact) mass is 356 g/mol. The Hall–Kier alpha value is -1.69. The Kier molecular flexibility index (Phi) is 6.15. The van der Waals surface area contributed by atoms with Crippen LogP contribution < -0.4 is 4.74 Å². The van der Waals surface area contributed by atoms with Crippen molar-refractivity contribution >= 4 is 19.3 Å². The van der Waals surface area contributed by atoms with Crippen molar-refractivity contribution in [2.45, 2.75) is 26.7 Å². The Labute approximate surface area is 140 Å². The lowest BCUT2D eigenvalue weighted by molar-refractivity contribution is 0.0599. The minimum atomic E-state index is -3.39. The van der Waals surface area contributed by atoms with Gasteiger partial charge in [0.2, 0.25) is 0 Å². The van der Waals surface area contributed by atoms with Gasteiger partial charge in [-0.25, -0.2) is 4.79 Å². The summed E-state index contributed by atoms with van der Waals surface area (Å²) in [5.74, 6) is -0.338. The molecule has 0 saturated heterocycles. The summed E-state index contributed by atoms with van der Waals surface area (Å²) in [6.07, 6.45) is 0.449. The van der Waals surface area contributed by atoms with Crippen LogP contribution in [-0.2, 0) is 24.8 Å². The third-order valence-corrected chi connectivity index (χ3v) is 5.34. The molecule has 0 bridgehead atoms. The highest BCUT2D eigenvalue weighted by atomic mass is 31.2. The predicted octanol–water partition coefficient (Wildman–Crippen LogP) is 3.20. The largest absolute Gasteiger partial charge is 0.480 e. The molecule has 1 aliphatic carbocycles. The quantitative estimate of drug-likeness (QED) is 0.522. The van der Waals surface area contributed by atoms with Crippen molar-refractivity contribution in [1.82, 2.24) is 0 Å². The molecule has 0 atom stereocenters. The highest BCUT2D eigenvalue weighted by Gasteiger charge is 2.31. The molecule has 0 aromatic heterocycles. The molecule has 0 saturated carbocycles. The van der Waals surface area contributed by atoms with Crippen molar-refractivity contribution in [3.8, 4) is 5.75 Å². The van der Waals surface area contributed by atoms with Crippen LogP contribution in [-0.4, -0.2) is 38.4 Å². The molecule has 0 heterocycles. The molecule has 8 heteroatoms. The third kappa shape index (κ3) is 3.86. The number of carbonyl (C=O) groups excluding carboxylic acids is 2. The Morgan fingerprint density at radius 2 is 1.83 bits per heavy atom. The highest BCUT2D eigenvalue weighted by molar-refractivity contribution is 7.53. The molecule has 0 unspecified atom stereocenters. The van der Waals surface area contributed by atoms with Gasteiger partial charge in [-0.15, -0.1) is 0 Å². The van der Waals surface area contributed by atoms with E-state index in [1.165, 1.54) is 13.2 Å². The second-order valence-electron chi connectivity index (χ2n) is 5.10. The maximum absolute atomic E-state index is 12.5. The number of hydrogen-bond donors (Lipinski definition) is 0. The molecule has 0 spiro atoms. The maximum Gasteiger partial charge on any atom is 0.367 e. The van der Waals surface area contributed by atoms with Crippen LogP contribution in [0.3, 0.4) is 0 Å².